The first-order chi connectivity index (χ1) is 24.2. The molecular formula is C46H32N2O. The summed E-state index contributed by atoms with van der Waals surface area (Å²) in [5.41, 5.74) is 12.3. The van der Waals surface area contributed by atoms with Gasteiger partial charge in [-0.15, -0.1) is 0 Å². The summed E-state index contributed by atoms with van der Waals surface area (Å²) in [6.45, 7) is 6.75. The van der Waals surface area contributed by atoms with Crippen molar-refractivity contribution in [3.05, 3.63) is 204 Å². The Hall–Kier alpha value is -6.32. The Balaban J connectivity index is 1.21. The number of aromatic nitrogens is 2. The maximum absolute atomic E-state index is 6.88. The quantitative estimate of drug-likeness (QED) is 0.190. The van der Waals surface area contributed by atoms with E-state index in [1.807, 2.05) is 54.6 Å². The van der Waals surface area contributed by atoms with Crippen LogP contribution in [0.3, 0.4) is 0 Å². The molecule has 232 valence electrons. The van der Waals surface area contributed by atoms with E-state index in [1.165, 1.54) is 22.3 Å². The third kappa shape index (κ3) is 4.36. The third-order valence-electron chi connectivity index (χ3n) is 9.85. The second-order valence-electron chi connectivity index (χ2n) is 12.5. The second-order valence-corrected chi connectivity index (χ2v) is 12.5. The van der Waals surface area contributed by atoms with Crippen molar-refractivity contribution in [3.63, 3.8) is 0 Å². The first-order valence-corrected chi connectivity index (χ1v) is 16.6. The van der Waals surface area contributed by atoms with Crippen LogP contribution in [0.1, 0.15) is 29.2 Å². The van der Waals surface area contributed by atoms with Crippen molar-refractivity contribution in [1.82, 2.24) is 9.97 Å². The van der Waals surface area contributed by atoms with Crippen molar-refractivity contribution >= 4 is 16.5 Å². The van der Waals surface area contributed by atoms with Gasteiger partial charge >= 0.3 is 0 Å². The highest BCUT2D eigenvalue weighted by Crippen LogP contribution is 2.61. The standard InChI is InChI=1S/C46H32N2O/c1-3-15-40-44(49-42-25-14-12-23-39(42)46(40)37-21-10-7-18-34(37)35-19-8-11-22-38(35)46)30(2)31-26-28-32(29-27-31)43-36-20-9-13-24-41(36)47-45(48-43)33-16-5-4-6-17-33/h3-29H,2H2,1H3/b15-3-. The number of nitrogens with zero attached hydrogens (tertiary/aromatic N) is 2. The molecule has 1 aromatic heterocycles. The number of fused-ring (bicyclic) bond motifs is 8. The van der Waals surface area contributed by atoms with Crippen molar-refractivity contribution in [3.8, 4) is 39.5 Å². The molecule has 0 bridgehead atoms. The molecule has 0 amide bonds. The fourth-order valence-electron chi connectivity index (χ4n) is 7.73. The lowest BCUT2D eigenvalue weighted by molar-refractivity contribution is 0.407. The number of allylic oxidation sites excluding steroid dienone is 4. The van der Waals surface area contributed by atoms with Gasteiger partial charge in [-0.1, -0.05) is 158 Å². The van der Waals surface area contributed by atoms with E-state index in [9.17, 15) is 0 Å². The number of rotatable bonds is 5. The first kappa shape index (κ1) is 28.9. The molecule has 1 aliphatic heterocycles. The van der Waals surface area contributed by atoms with Gasteiger partial charge in [-0.2, -0.15) is 0 Å². The van der Waals surface area contributed by atoms with Crippen molar-refractivity contribution in [2.45, 2.75) is 12.3 Å². The molecule has 1 aliphatic carbocycles. The van der Waals surface area contributed by atoms with Gasteiger partial charge in [0, 0.05) is 33.2 Å². The van der Waals surface area contributed by atoms with E-state index in [0.29, 0.717) is 5.82 Å². The van der Waals surface area contributed by atoms with Crippen molar-refractivity contribution in [1.29, 1.82) is 0 Å². The van der Waals surface area contributed by atoms with Gasteiger partial charge in [0.25, 0.3) is 0 Å². The smallest absolute Gasteiger partial charge is 0.160 e. The molecule has 0 fully saturated rings. The highest BCUT2D eigenvalue weighted by Gasteiger charge is 2.51. The summed E-state index contributed by atoms with van der Waals surface area (Å²) in [7, 11) is 0. The summed E-state index contributed by atoms with van der Waals surface area (Å²) in [4.78, 5) is 9.98. The zero-order valence-electron chi connectivity index (χ0n) is 27.1. The average molecular weight is 629 g/mol. The van der Waals surface area contributed by atoms with Crippen LogP contribution < -0.4 is 4.74 Å². The summed E-state index contributed by atoms with van der Waals surface area (Å²) in [6.07, 6.45) is 4.32. The molecule has 0 saturated carbocycles. The minimum Gasteiger partial charge on any atom is -0.456 e. The van der Waals surface area contributed by atoms with Gasteiger partial charge in [0.2, 0.25) is 0 Å². The van der Waals surface area contributed by atoms with Crippen LogP contribution in [0.15, 0.2) is 182 Å². The number of benzene rings is 6. The molecule has 7 aromatic rings. The van der Waals surface area contributed by atoms with Gasteiger partial charge in [-0.05, 0) is 46.9 Å². The molecule has 9 rings (SSSR count). The third-order valence-corrected chi connectivity index (χ3v) is 9.85. The van der Waals surface area contributed by atoms with Crippen molar-refractivity contribution in [2.75, 3.05) is 0 Å². The van der Waals surface area contributed by atoms with Crippen LogP contribution in [-0.2, 0) is 5.41 Å². The van der Waals surface area contributed by atoms with Crippen LogP contribution in [0.2, 0.25) is 0 Å². The molecule has 6 aromatic carbocycles. The molecule has 0 saturated heterocycles. The minimum absolute atomic E-state index is 0.555. The molecule has 2 aliphatic rings. The Morgan fingerprint density at radius 1 is 0.612 bits per heavy atom. The molecule has 3 heteroatoms. The Morgan fingerprint density at radius 2 is 1.22 bits per heavy atom. The molecule has 0 N–H and O–H groups in total. The maximum Gasteiger partial charge on any atom is 0.160 e. The Bertz CT molecular complexity index is 2440. The first-order valence-electron chi connectivity index (χ1n) is 16.6. The average Bonchev–Trinajstić information content (AvgIpc) is 3.46. The summed E-state index contributed by atoms with van der Waals surface area (Å²) in [5.74, 6) is 2.33. The SMILES string of the molecule is C=C(C1=C(/C=C\C)C2(c3ccccc3O1)c1ccccc1-c1ccccc12)c1ccc(-c2nc(-c3ccccc3)nc3ccccc23)cc1. The van der Waals surface area contributed by atoms with Gasteiger partial charge in [-0.3, -0.25) is 0 Å². The van der Waals surface area contributed by atoms with E-state index in [4.69, 9.17) is 14.7 Å². The summed E-state index contributed by atoms with van der Waals surface area (Å²) in [5, 5.41) is 1.01. The monoisotopic (exact) mass is 628 g/mol. The van der Waals surface area contributed by atoms with Gasteiger partial charge in [0.15, 0.2) is 5.82 Å². The van der Waals surface area contributed by atoms with Crippen LogP contribution in [0.5, 0.6) is 5.75 Å². The molecule has 3 nitrogen and oxygen atoms in total. The Kier molecular flexibility index (Phi) is 6.73. The van der Waals surface area contributed by atoms with Gasteiger partial charge in [-0.25, -0.2) is 9.97 Å². The lowest BCUT2D eigenvalue weighted by Gasteiger charge is -2.40. The fraction of sp³-hybridized carbons (Fsp3) is 0.0435. The molecule has 0 unspecified atom stereocenters. The maximum atomic E-state index is 6.88. The van der Waals surface area contributed by atoms with Gasteiger partial charge in [0.05, 0.1) is 16.6 Å². The number of ether oxygens (including phenoxy) is 1. The molecule has 0 atom stereocenters. The van der Waals surface area contributed by atoms with Crippen LogP contribution in [-0.4, -0.2) is 9.97 Å². The Labute approximate surface area is 286 Å². The molecule has 49 heavy (non-hydrogen) atoms. The zero-order chi connectivity index (χ0) is 33.0. The van der Waals surface area contributed by atoms with E-state index in [-0.39, 0.29) is 0 Å². The fourth-order valence-corrected chi connectivity index (χ4v) is 7.73. The molecule has 2 heterocycles. The molecule has 1 spiro atoms. The van der Waals surface area contributed by atoms with E-state index < -0.39 is 5.41 Å². The van der Waals surface area contributed by atoms with E-state index in [0.717, 1.165) is 61.5 Å². The van der Waals surface area contributed by atoms with E-state index in [1.54, 1.807) is 0 Å². The summed E-state index contributed by atoms with van der Waals surface area (Å²) < 4.78 is 6.88. The molecular weight excluding hydrogens is 597 g/mol. The summed E-state index contributed by atoms with van der Waals surface area (Å²) >= 11 is 0. The van der Waals surface area contributed by atoms with E-state index in [2.05, 4.69) is 123 Å². The lowest BCUT2D eigenvalue weighted by atomic mass is 9.65. The minimum atomic E-state index is -0.555. The van der Waals surface area contributed by atoms with Crippen LogP contribution >= 0.6 is 0 Å². The highest BCUT2D eigenvalue weighted by atomic mass is 16.5. The second kappa shape index (κ2) is 11.4. The lowest BCUT2D eigenvalue weighted by Crippen LogP contribution is -2.34. The van der Waals surface area contributed by atoms with Crippen LogP contribution in [0.25, 0.3) is 50.2 Å². The zero-order valence-corrected chi connectivity index (χ0v) is 27.1. The predicted molar refractivity (Wildman–Crippen MR) is 200 cm³/mol. The van der Waals surface area contributed by atoms with Crippen molar-refractivity contribution < 1.29 is 4.74 Å². The topological polar surface area (TPSA) is 35.0 Å². The van der Waals surface area contributed by atoms with Gasteiger partial charge in [0.1, 0.15) is 11.5 Å². The highest BCUT2D eigenvalue weighted by molar-refractivity contribution is 5.95. The van der Waals surface area contributed by atoms with Crippen molar-refractivity contribution in [2.24, 2.45) is 0 Å². The van der Waals surface area contributed by atoms with Crippen LogP contribution in [0.4, 0.5) is 0 Å². The van der Waals surface area contributed by atoms with Gasteiger partial charge < -0.3 is 4.74 Å². The largest absolute Gasteiger partial charge is 0.456 e. The number of hydrogen-bond acceptors (Lipinski definition) is 3. The van der Waals surface area contributed by atoms with E-state index >= 15 is 0 Å². The molecule has 0 radical (unpaired) electrons. The normalized spacial score (nSPS) is 14.1. The summed E-state index contributed by atoms with van der Waals surface area (Å²) in [6, 6.07) is 52.9. The number of hydrogen-bond donors (Lipinski definition) is 0. The number of para-hydroxylation sites is 2. The Morgan fingerprint density at radius 3 is 1.94 bits per heavy atom. The van der Waals surface area contributed by atoms with Crippen LogP contribution in [0, 0.1) is 0 Å². The predicted octanol–water partition coefficient (Wildman–Crippen LogP) is 11.2.